The summed E-state index contributed by atoms with van der Waals surface area (Å²) in [6.45, 7) is 3.31. The van der Waals surface area contributed by atoms with Crippen LogP contribution in [0, 0.1) is 0 Å². The fraction of sp³-hybridized carbons (Fsp3) is 0.429. The smallest absolute Gasteiger partial charge is 0.0314 e. The minimum atomic E-state index is 0.537. The van der Waals surface area contributed by atoms with Gasteiger partial charge in [0.25, 0.3) is 0 Å². The van der Waals surface area contributed by atoms with Crippen molar-refractivity contribution in [2.24, 2.45) is 0 Å². The van der Waals surface area contributed by atoms with Crippen LogP contribution in [0.15, 0.2) is 32.7 Å². The number of halogens is 1. The van der Waals surface area contributed by atoms with E-state index in [1.165, 1.54) is 21.3 Å². The van der Waals surface area contributed by atoms with E-state index in [1.807, 2.05) is 11.3 Å². The third-order valence-corrected chi connectivity index (χ3v) is 5.55. The molecule has 4 heteroatoms. The first-order valence-corrected chi connectivity index (χ1v) is 8.87. The van der Waals surface area contributed by atoms with E-state index >= 15 is 0 Å². The minimum Gasteiger partial charge on any atom is -0.313 e. The van der Waals surface area contributed by atoms with Gasteiger partial charge in [-0.2, -0.15) is 11.3 Å². The van der Waals surface area contributed by atoms with Gasteiger partial charge in [0, 0.05) is 15.4 Å². The van der Waals surface area contributed by atoms with Gasteiger partial charge in [-0.05, 0) is 75.6 Å². The Kier molecular flexibility index (Phi) is 5.89. The molecule has 0 aliphatic rings. The van der Waals surface area contributed by atoms with Crippen LogP contribution in [0.25, 0.3) is 0 Å². The predicted octanol–water partition coefficient (Wildman–Crippen LogP) is 4.73. The largest absolute Gasteiger partial charge is 0.313 e. The molecule has 2 aromatic heterocycles. The molecule has 0 aromatic carbocycles. The first-order valence-electron chi connectivity index (χ1n) is 6.26. The quantitative estimate of drug-likeness (QED) is 0.766. The molecule has 2 rings (SSSR count). The molecule has 1 N–H and O–H groups in total. The predicted molar refractivity (Wildman–Crippen MR) is 85.8 cm³/mol. The topological polar surface area (TPSA) is 12.0 Å². The van der Waals surface area contributed by atoms with Gasteiger partial charge in [-0.25, -0.2) is 0 Å². The molecule has 0 amide bonds. The van der Waals surface area contributed by atoms with E-state index in [-0.39, 0.29) is 0 Å². The van der Waals surface area contributed by atoms with Gasteiger partial charge in [0.15, 0.2) is 0 Å². The van der Waals surface area contributed by atoms with Crippen LogP contribution in [0.1, 0.15) is 23.8 Å². The van der Waals surface area contributed by atoms with Gasteiger partial charge in [0.1, 0.15) is 0 Å². The van der Waals surface area contributed by atoms with E-state index in [0.717, 1.165) is 19.4 Å². The molecular formula is C14H18BrNS2. The van der Waals surface area contributed by atoms with Crippen LogP contribution < -0.4 is 5.32 Å². The van der Waals surface area contributed by atoms with E-state index in [9.17, 15) is 0 Å². The van der Waals surface area contributed by atoms with Crippen molar-refractivity contribution < 1.29 is 0 Å². The van der Waals surface area contributed by atoms with Crippen LogP contribution in [0.3, 0.4) is 0 Å². The monoisotopic (exact) mass is 343 g/mol. The lowest BCUT2D eigenvalue weighted by atomic mass is 10.0. The van der Waals surface area contributed by atoms with E-state index in [2.05, 4.69) is 56.4 Å². The Bertz CT molecular complexity index is 450. The summed E-state index contributed by atoms with van der Waals surface area (Å²) in [5, 5.41) is 10.2. The second-order valence-corrected chi connectivity index (χ2v) is 7.02. The lowest BCUT2D eigenvalue weighted by molar-refractivity contribution is 0.507. The van der Waals surface area contributed by atoms with E-state index in [0.29, 0.717) is 6.04 Å². The standard InChI is InChI=1S/C14H18BrNS2/c1-2-5-16-12(8-11-3-6-17-10-11)9-14-13(15)4-7-18-14/h3-4,6-7,10,12,16H,2,5,8-9H2,1H3. The summed E-state index contributed by atoms with van der Waals surface area (Å²) in [5.41, 5.74) is 1.45. The highest BCUT2D eigenvalue weighted by atomic mass is 79.9. The molecule has 18 heavy (non-hydrogen) atoms. The maximum absolute atomic E-state index is 3.66. The average molecular weight is 344 g/mol. The Morgan fingerprint density at radius 1 is 1.28 bits per heavy atom. The summed E-state index contributed by atoms with van der Waals surface area (Å²) in [6.07, 6.45) is 3.41. The Morgan fingerprint density at radius 3 is 2.78 bits per heavy atom. The Hall–Kier alpha value is -0.160. The van der Waals surface area contributed by atoms with Crippen molar-refractivity contribution in [1.29, 1.82) is 0 Å². The molecule has 0 aliphatic carbocycles. The summed E-state index contributed by atoms with van der Waals surface area (Å²) in [4.78, 5) is 1.44. The molecular weight excluding hydrogens is 326 g/mol. The van der Waals surface area contributed by atoms with Crippen molar-refractivity contribution in [3.8, 4) is 0 Å². The third kappa shape index (κ3) is 4.19. The van der Waals surface area contributed by atoms with Gasteiger partial charge in [0.2, 0.25) is 0 Å². The molecule has 0 bridgehead atoms. The zero-order chi connectivity index (χ0) is 12.8. The van der Waals surface area contributed by atoms with Crippen LogP contribution >= 0.6 is 38.6 Å². The van der Waals surface area contributed by atoms with Crippen molar-refractivity contribution in [2.75, 3.05) is 6.54 Å². The highest BCUT2D eigenvalue weighted by Crippen LogP contribution is 2.25. The van der Waals surface area contributed by atoms with Crippen LogP contribution in [-0.2, 0) is 12.8 Å². The Morgan fingerprint density at radius 2 is 2.17 bits per heavy atom. The van der Waals surface area contributed by atoms with Crippen LogP contribution in [0.2, 0.25) is 0 Å². The number of hydrogen-bond acceptors (Lipinski definition) is 3. The fourth-order valence-electron chi connectivity index (χ4n) is 1.95. The normalized spacial score (nSPS) is 12.8. The molecule has 0 aliphatic heterocycles. The molecule has 0 saturated heterocycles. The Labute approximate surface area is 125 Å². The Balaban J connectivity index is 1.98. The third-order valence-electron chi connectivity index (χ3n) is 2.87. The highest BCUT2D eigenvalue weighted by molar-refractivity contribution is 9.10. The number of hydrogen-bond donors (Lipinski definition) is 1. The van der Waals surface area contributed by atoms with Gasteiger partial charge >= 0.3 is 0 Å². The molecule has 0 spiro atoms. The van der Waals surface area contributed by atoms with Gasteiger partial charge < -0.3 is 5.32 Å². The molecule has 0 saturated carbocycles. The van der Waals surface area contributed by atoms with Crippen molar-refractivity contribution in [2.45, 2.75) is 32.2 Å². The SMILES string of the molecule is CCCNC(Cc1ccsc1)Cc1sccc1Br. The molecule has 2 aromatic rings. The first kappa shape index (κ1) is 14.3. The zero-order valence-corrected chi connectivity index (χ0v) is 13.7. The summed E-state index contributed by atoms with van der Waals surface area (Å²) >= 11 is 7.25. The lowest BCUT2D eigenvalue weighted by Crippen LogP contribution is -2.33. The minimum absolute atomic E-state index is 0.537. The van der Waals surface area contributed by atoms with Gasteiger partial charge in [-0.3, -0.25) is 0 Å². The van der Waals surface area contributed by atoms with Crippen molar-refractivity contribution in [1.82, 2.24) is 5.32 Å². The van der Waals surface area contributed by atoms with Crippen molar-refractivity contribution in [3.05, 3.63) is 43.2 Å². The molecule has 2 heterocycles. The van der Waals surface area contributed by atoms with Crippen LogP contribution in [-0.4, -0.2) is 12.6 Å². The molecule has 1 atom stereocenters. The summed E-state index contributed by atoms with van der Waals surface area (Å²) in [7, 11) is 0. The van der Waals surface area contributed by atoms with Crippen LogP contribution in [0.5, 0.6) is 0 Å². The second-order valence-electron chi connectivity index (χ2n) is 4.38. The molecule has 1 nitrogen and oxygen atoms in total. The summed E-state index contributed by atoms with van der Waals surface area (Å²) in [5.74, 6) is 0. The number of rotatable bonds is 7. The van der Waals surface area contributed by atoms with Crippen molar-refractivity contribution in [3.63, 3.8) is 0 Å². The molecule has 98 valence electrons. The van der Waals surface area contributed by atoms with E-state index in [4.69, 9.17) is 0 Å². The summed E-state index contributed by atoms with van der Waals surface area (Å²) in [6, 6.07) is 4.91. The van der Waals surface area contributed by atoms with Crippen LogP contribution in [0.4, 0.5) is 0 Å². The maximum Gasteiger partial charge on any atom is 0.0314 e. The fourth-order valence-corrected chi connectivity index (χ4v) is 4.23. The van der Waals surface area contributed by atoms with Gasteiger partial charge in [0.05, 0.1) is 0 Å². The second kappa shape index (κ2) is 7.43. The first-order chi connectivity index (χ1) is 8.79. The van der Waals surface area contributed by atoms with E-state index < -0.39 is 0 Å². The molecule has 0 radical (unpaired) electrons. The number of thiophene rings is 2. The number of nitrogens with one attached hydrogen (secondary N) is 1. The van der Waals surface area contributed by atoms with E-state index in [1.54, 1.807) is 11.3 Å². The highest BCUT2D eigenvalue weighted by Gasteiger charge is 2.13. The molecule has 0 fully saturated rings. The maximum atomic E-state index is 3.66. The lowest BCUT2D eigenvalue weighted by Gasteiger charge is -2.17. The average Bonchev–Trinajstić information content (AvgIpc) is 2.99. The summed E-state index contributed by atoms with van der Waals surface area (Å²) < 4.78 is 1.25. The van der Waals surface area contributed by atoms with Gasteiger partial charge in [-0.1, -0.05) is 6.92 Å². The van der Waals surface area contributed by atoms with Crippen molar-refractivity contribution >= 4 is 38.6 Å². The van der Waals surface area contributed by atoms with Gasteiger partial charge in [-0.15, -0.1) is 11.3 Å². The zero-order valence-electron chi connectivity index (χ0n) is 10.5. The molecule has 1 unspecified atom stereocenters.